The van der Waals surface area contributed by atoms with Crippen molar-refractivity contribution in [3.05, 3.63) is 83.4 Å². The van der Waals surface area contributed by atoms with Crippen molar-refractivity contribution in [3.63, 3.8) is 0 Å². The van der Waals surface area contributed by atoms with Crippen molar-refractivity contribution in [1.29, 1.82) is 0 Å². The van der Waals surface area contributed by atoms with Crippen LogP contribution in [0.1, 0.15) is 35.4 Å². The Morgan fingerprint density at radius 2 is 1.70 bits per heavy atom. The molecule has 1 aliphatic rings. The first-order valence-electron chi connectivity index (χ1n) is 10.7. The molecule has 2 heterocycles. The molecule has 0 spiro atoms. The van der Waals surface area contributed by atoms with E-state index in [0.717, 1.165) is 41.3 Å². The largest absolute Gasteiger partial charge is 0.489 e. The summed E-state index contributed by atoms with van der Waals surface area (Å²) in [7, 11) is 0. The van der Waals surface area contributed by atoms with Gasteiger partial charge in [0.25, 0.3) is 0 Å². The molecule has 5 rings (SSSR count). The summed E-state index contributed by atoms with van der Waals surface area (Å²) < 4.78 is 5.93. The molecule has 1 fully saturated rings. The van der Waals surface area contributed by atoms with Gasteiger partial charge in [0.2, 0.25) is 0 Å². The van der Waals surface area contributed by atoms with Crippen LogP contribution in [-0.2, 0) is 6.61 Å². The lowest BCUT2D eigenvalue weighted by molar-refractivity contribution is 0.306. The van der Waals surface area contributed by atoms with Crippen LogP contribution < -0.4 is 10.1 Å². The highest BCUT2D eigenvalue weighted by Crippen LogP contribution is 2.29. The number of hydrogen-bond donors (Lipinski definition) is 2. The van der Waals surface area contributed by atoms with E-state index in [1.807, 2.05) is 12.1 Å². The second kappa shape index (κ2) is 8.33. The van der Waals surface area contributed by atoms with Gasteiger partial charge in [0.05, 0.1) is 11.0 Å². The lowest BCUT2D eigenvalue weighted by Gasteiger charge is -2.22. The van der Waals surface area contributed by atoms with Crippen LogP contribution in [0.3, 0.4) is 0 Å². The zero-order valence-electron chi connectivity index (χ0n) is 17.3. The number of benzene rings is 3. The Morgan fingerprint density at radius 3 is 2.47 bits per heavy atom. The van der Waals surface area contributed by atoms with Gasteiger partial charge in [0.15, 0.2) is 0 Å². The van der Waals surface area contributed by atoms with Crippen LogP contribution in [0.4, 0.5) is 0 Å². The van der Waals surface area contributed by atoms with Gasteiger partial charge < -0.3 is 15.0 Å². The summed E-state index contributed by atoms with van der Waals surface area (Å²) in [6, 6.07) is 23.3. The topological polar surface area (TPSA) is 49.9 Å². The number of rotatable bonds is 5. The third kappa shape index (κ3) is 4.10. The van der Waals surface area contributed by atoms with Crippen molar-refractivity contribution in [2.24, 2.45) is 0 Å². The number of aryl methyl sites for hydroxylation is 1. The maximum absolute atomic E-state index is 5.93. The minimum atomic E-state index is 0.573. The number of aromatic nitrogens is 2. The molecule has 0 unspecified atom stereocenters. The molecule has 4 aromatic rings. The van der Waals surface area contributed by atoms with E-state index in [9.17, 15) is 0 Å². The molecule has 0 atom stereocenters. The number of H-pyrrole nitrogens is 1. The van der Waals surface area contributed by atoms with Crippen molar-refractivity contribution in [2.75, 3.05) is 13.1 Å². The van der Waals surface area contributed by atoms with Gasteiger partial charge in [0.1, 0.15) is 18.2 Å². The summed E-state index contributed by atoms with van der Waals surface area (Å²) in [6.45, 7) is 4.87. The predicted molar refractivity (Wildman–Crippen MR) is 122 cm³/mol. The summed E-state index contributed by atoms with van der Waals surface area (Å²) in [5.74, 6) is 2.40. The Balaban J connectivity index is 1.30. The zero-order chi connectivity index (χ0) is 20.3. The Kier molecular flexibility index (Phi) is 5.24. The first-order valence-corrected chi connectivity index (χ1v) is 10.7. The van der Waals surface area contributed by atoms with E-state index >= 15 is 0 Å². The molecule has 1 aromatic heterocycles. The van der Waals surface area contributed by atoms with Crippen molar-refractivity contribution in [2.45, 2.75) is 32.3 Å². The molecule has 0 aliphatic carbocycles. The number of aromatic amines is 1. The van der Waals surface area contributed by atoms with E-state index in [1.54, 1.807) is 0 Å². The molecule has 1 aliphatic heterocycles. The molecule has 30 heavy (non-hydrogen) atoms. The van der Waals surface area contributed by atoms with E-state index in [-0.39, 0.29) is 0 Å². The maximum Gasteiger partial charge on any atom is 0.138 e. The van der Waals surface area contributed by atoms with Gasteiger partial charge >= 0.3 is 0 Å². The third-order valence-corrected chi connectivity index (χ3v) is 5.97. The van der Waals surface area contributed by atoms with Crippen LogP contribution in [0.25, 0.3) is 22.4 Å². The summed E-state index contributed by atoms with van der Waals surface area (Å²) in [4.78, 5) is 8.32. The highest BCUT2D eigenvalue weighted by atomic mass is 16.5. The smallest absolute Gasteiger partial charge is 0.138 e. The molecule has 3 aromatic carbocycles. The Labute approximate surface area is 177 Å². The van der Waals surface area contributed by atoms with Crippen LogP contribution in [-0.4, -0.2) is 23.1 Å². The van der Waals surface area contributed by atoms with Gasteiger partial charge in [-0.3, -0.25) is 0 Å². The van der Waals surface area contributed by atoms with Crippen LogP contribution in [0.5, 0.6) is 5.75 Å². The van der Waals surface area contributed by atoms with Crippen LogP contribution in [0.2, 0.25) is 0 Å². The normalized spacial score (nSPS) is 14.8. The van der Waals surface area contributed by atoms with Crippen LogP contribution in [0, 0.1) is 6.92 Å². The minimum absolute atomic E-state index is 0.573. The number of nitrogens with one attached hydrogen (secondary N) is 2. The van der Waals surface area contributed by atoms with Crippen molar-refractivity contribution < 1.29 is 4.74 Å². The second-order valence-electron chi connectivity index (χ2n) is 8.18. The fourth-order valence-electron chi connectivity index (χ4n) is 4.13. The van der Waals surface area contributed by atoms with Gasteiger partial charge in [-0.1, -0.05) is 35.9 Å². The van der Waals surface area contributed by atoms with Crippen molar-refractivity contribution >= 4 is 11.0 Å². The third-order valence-electron chi connectivity index (χ3n) is 5.97. The minimum Gasteiger partial charge on any atom is -0.489 e. The number of hydrogen-bond acceptors (Lipinski definition) is 3. The highest BCUT2D eigenvalue weighted by molar-refractivity contribution is 5.80. The number of fused-ring (bicyclic) bond motifs is 1. The molecule has 0 amide bonds. The summed E-state index contributed by atoms with van der Waals surface area (Å²) >= 11 is 0. The number of piperidine rings is 1. The lowest BCUT2D eigenvalue weighted by Crippen LogP contribution is -2.26. The van der Waals surface area contributed by atoms with E-state index in [2.05, 4.69) is 71.8 Å². The number of imidazole rings is 1. The Morgan fingerprint density at radius 1 is 0.933 bits per heavy atom. The molecular formula is C26H27N3O. The van der Waals surface area contributed by atoms with Gasteiger partial charge in [-0.25, -0.2) is 4.98 Å². The molecule has 0 radical (unpaired) electrons. The summed E-state index contributed by atoms with van der Waals surface area (Å²) in [5, 5.41) is 3.44. The number of nitrogens with zero attached hydrogens (tertiary/aromatic N) is 1. The molecule has 1 saturated heterocycles. The molecule has 2 N–H and O–H groups in total. The van der Waals surface area contributed by atoms with Crippen LogP contribution in [0.15, 0.2) is 66.7 Å². The quantitative estimate of drug-likeness (QED) is 0.462. The Hall–Kier alpha value is -3.11. The first-order chi connectivity index (χ1) is 14.7. The van der Waals surface area contributed by atoms with E-state index in [4.69, 9.17) is 9.72 Å². The molecule has 4 nitrogen and oxygen atoms in total. The van der Waals surface area contributed by atoms with Gasteiger partial charge in [0, 0.05) is 5.56 Å². The monoisotopic (exact) mass is 397 g/mol. The lowest BCUT2D eigenvalue weighted by atomic mass is 9.90. The average Bonchev–Trinajstić information content (AvgIpc) is 3.23. The molecule has 4 heteroatoms. The predicted octanol–water partition coefficient (Wildman–Crippen LogP) is 5.58. The second-order valence-corrected chi connectivity index (χ2v) is 8.18. The number of ether oxygens (including phenoxy) is 1. The first kappa shape index (κ1) is 18.9. The van der Waals surface area contributed by atoms with Gasteiger partial charge in [-0.2, -0.15) is 0 Å². The zero-order valence-corrected chi connectivity index (χ0v) is 17.3. The van der Waals surface area contributed by atoms with Gasteiger partial charge in [-0.05, 0) is 86.3 Å². The summed E-state index contributed by atoms with van der Waals surface area (Å²) in [5.41, 5.74) is 7.03. The van der Waals surface area contributed by atoms with Crippen molar-refractivity contribution in [3.8, 4) is 17.1 Å². The fourth-order valence-corrected chi connectivity index (χ4v) is 4.13. The van der Waals surface area contributed by atoms with E-state index in [1.165, 1.54) is 29.5 Å². The summed E-state index contributed by atoms with van der Waals surface area (Å²) in [6.07, 6.45) is 2.40. The highest BCUT2D eigenvalue weighted by Gasteiger charge is 2.16. The van der Waals surface area contributed by atoms with Crippen molar-refractivity contribution in [1.82, 2.24) is 15.3 Å². The standard InChI is InChI=1S/C26H27N3O/c1-18-2-4-19(5-3-18)17-30-23-9-6-21(7-10-23)26-28-24-11-8-22(16-25(24)29-26)20-12-14-27-15-13-20/h2-11,16,20,27H,12-15,17H2,1H3,(H,28,29). The molecule has 0 bridgehead atoms. The average molecular weight is 398 g/mol. The van der Waals surface area contributed by atoms with Gasteiger partial charge in [-0.15, -0.1) is 0 Å². The Bertz CT molecular complexity index is 1120. The maximum atomic E-state index is 5.93. The molecule has 152 valence electrons. The molecular weight excluding hydrogens is 370 g/mol. The SMILES string of the molecule is Cc1ccc(COc2ccc(-c3nc4cc(C5CCNCC5)ccc4[nH]3)cc2)cc1. The van der Waals surface area contributed by atoms with Crippen LogP contribution >= 0.6 is 0 Å². The van der Waals surface area contributed by atoms with E-state index in [0.29, 0.717) is 12.5 Å². The fraction of sp³-hybridized carbons (Fsp3) is 0.269. The molecule has 0 saturated carbocycles. The van der Waals surface area contributed by atoms with E-state index < -0.39 is 0 Å².